The van der Waals surface area contributed by atoms with Gasteiger partial charge in [0.25, 0.3) is 0 Å². The fraction of sp³-hybridized carbons (Fsp3) is 0.500. The van der Waals surface area contributed by atoms with Crippen LogP contribution >= 0.6 is 11.6 Å². The Morgan fingerprint density at radius 1 is 1.42 bits per heavy atom. The molecule has 19 heavy (non-hydrogen) atoms. The maximum absolute atomic E-state index is 14.0. The molecule has 1 fully saturated rings. The summed E-state index contributed by atoms with van der Waals surface area (Å²) in [6, 6.07) is 0. The third-order valence-corrected chi connectivity index (χ3v) is 3.34. The van der Waals surface area contributed by atoms with E-state index < -0.39 is 31.2 Å². The summed E-state index contributed by atoms with van der Waals surface area (Å²) >= 11 is 5.85. The number of nitrogens with zero attached hydrogens (tertiary/aromatic N) is 4. The quantitative estimate of drug-likeness (QED) is 0.760. The minimum absolute atomic E-state index is 0.149. The van der Waals surface area contributed by atoms with Crippen molar-refractivity contribution in [2.75, 3.05) is 6.61 Å². The number of aliphatic hydroxyl groups excluding tert-OH is 2. The Labute approximate surface area is 111 Å². The van der Waals surface area contributed by atoms with Crippen LogP contribution in [0.3, 0.4) is 0 Å². The highest BCUT2D eigenvalue weighted by Gasteiger charge is 2.45. The van der Waals surface area contributed by atoms with Crippen molar-refractivity contribution in [1.82, 2.24) is 19.5 Å². The topological polar surface area (TPSA) is 93.3 Å². The summed E-state index contributed by atoms with van der Waals surface area (Å²) in [6.07, 6.45) is -2.63. The molecule has 0 saturated carbocycles. The molecule has 0 unspecified atom stereocenters. The first kappa shape index (κ1) is 12.7. The predicted molar refractivity (Wildman–Crippen MR) is 62.2 cm³/mol. The van der Waals surface area contributed by atoms with Gasteiger partial charge in [-0.2, -0.15) is 0 Å². The number of hydrogen-bond acceptors (Lipinski definition) is 6. The number of aliphatic hydroxyl groups is 2. The first-order valence-electron chi connectivity index (χ1n) is 5.55. The summed E-state index contributed by atoms with van der Waals surface area (Å²) in [5.41, 5.74) is 0.625. The lowest BCUT2D eigenvalue weighted by atomic mass is 10.1. The molecule has 3 heterocycles. The number of aromatic nitrogens is 4. The fourth-order valence-corrected chi connectivity index (χ4v) is 2.26. The van der Waals surface area contributed by atoms with Crippen LogP contribution in [-0.4, -0.2) is 54.7 Å². The molecule has 2 aromatic heterocycles. The minimum Gasteiger partial charge on any atom is -0.394 e. The monoisotopic (exact) mass is 288 g/mol. The third kappa shape index (κ3) is 1.88. The lowest BCUT2D eigenvalue weighted by Crippen LogP contribution is -2.30. The van der Waals surface area contributed by atoms with Gasteiger partial charge in [0.2, 0.25) is 0 Å². The van der Waals surface area contributed by atoms with Gasteiger partial charge in [0.05, 0.1) is 12.9 Å². The van der Waals surface area contributed by atoms with Gasteiger partial charge in [0.1, 0.15) is 24.1 Å². The first-order chi connectivity index (χ1) is 9.13. The summed E-state index contributed by atoms with van der Waals surface area (Å²) in [7, 11) is 0. The molecule has 0 bridgehead atoms. The summed E-state index contributed by atoms with van der Waals surface area (Å²) in [4.78, 5) is 11.7. The Bertz CT molecular complexity index is 609. The van der Waals surface area contributed by atoms with Crippen molar-refractivity contribution in [3.8, 4) is 0 Å². The van der Waals surface area contributed by atoms with Crippen molar-refractivity contribution in [2.45, 2.75) is 24.6 Å². The lowest BCUT2D eigenvalue weighted by molar-refractivity contribution is -0.0459. The van der Waals surface area contributed by atoms with Gasteiger partial charge in [-0.15, -0.1) is 0 Å². The zero-order valence-electron chi connectivity index (χ0n) is 9.52. The van der Waals surface area contributed by atoms with Gasteiger partial charge in [0.15, 0.2) is 23.2 Å². The Kier molecular flexibility index (Phi) is 3.09. The molecule has 7 nitrogen and oxygen atoms in total. The smallest absolute Gasteiger partial charge is 0.173 e. The molecule has 1 aliphatic heterocycles. The summed E-state index contributed by atoms with van der Waals surface area (Å²) in [6.45, 7) is -0.472. The van der Waals surface area contributed by atoms with E-state index in [1.54, 1.807) is 0 Å². The molecule has 9 heteroatoms. The molecular weight excluding hydrogens is 279 g/mol. The molecule has 2 aromatic rings. The number of alkyl halides is 1. The summed E-state index contributed by atoms with van der Waals surface area (Å²) in [5, 5.41) is 18.8. The van der Waals surface area contributed by atoms with Gasteiger partial charge < -0.3 is 14.9 Å². The lowest BCUT2D eigenvalue weighted by Gasteiger charge is -2.14. The number of rotatable bonds is 2. The Hall–Kier alpha value is -1.35. The van der Waals surface area contributed by atoms with Crippen LogP contribution in [0.25, 0.3) is 11.2 Å². The molecule has 0 aliphatic carbocycles. The van der Waals surface area contributed by atoms with Crippen LogP contribution in [0.5, 0.6) is 0 Å². The van der Waals surface area contributed by atoms with Gasteiger partial charge >= 0.3 is 0 Å². The van der Waals surface area contributed by atoms with E-state index in [1.165, 1.54) is 17.2 Å². The second-order valence-electron chi connectivity index (χ2n) is 4.17. The maximum Gasteiger partial charge on any atom is 0.173 e. The maximum atomic E-state index is 14.0. The van der Waals surface area contributed by atoms with Gasteiger partial charge in [-0.1, -0.05) is 11.6 Å². The van der Waals surface area contributed by atoms with E-state index in [9.17, 15) is 9.50 Å². The molecule has 1 aliphatic rings. The largest absolute Gasteiger partial charge is 0.394 e. The Morgan fingerprint density at radius 3 is 2.89 bits per heavy atom. The second kappa shape index (κ2) is 4.64. The van der Waals surface area contributed by atoms with Crippen LogP contribution < -0.4 is 0 Å². The molecule has 0 amide bonds. The van der Waals surface area contributed by atoms with Crippen molar-refractivity contribution in [3.63, 3.8) is 0 Å². The zero-order valence-corrected chi connectivity index (χ0v) is 10.3. The second-order valence-corrected chi connectivity index (χ2v) is 4.53. The van der Waals surface area contributed by atoms with Gasteiger partial charge in [-0.3, -0.25) is 4.57 Å². The average Bonchev–Trinajstić information content (AvgIpc) is 2.94. The van der Waals surface area contributed by atoms with E-state index in [-0.39, 0.29) is 5.15 Å². The molecule has 0 aromatic carbocycles. The normalized spacial score (nSPS) is 31.2. The minimum atomic E-state index is -1.69. The molecule has 0 radical (unpaired) electrons. The van der Waals surface area contributed by atoms with E-state index in [0.29, 0.717) is 11.2 Å². The molecule has 4 atom stereocenters. The van der Waals surface area contributed by atoms with Gasteiger partial charge in [-0.05, 0) is 0 Å². The molecule has 2 N–H and O–H groups in total. The van der Waals surface area contributed by atoms with E-state index in [1.807, 2.05) is 0 Å². The highest BCUT2D eigenvalue weighted by atomic mass is 35.5. The predicted octanol–water partition coefficient (Wildman–Crippen LogP) is 0.0684. The van der Waals surface area contributed by atoms with Gasteiger partial charge in [0, 0.05) is 0 Å². The van der Waals surface area contributed by atoms with Crippen molar-refractivity contribution >= 4 is 22.8 Å². The van der Waals surface area contributed by atoms with Crippen LogP contribution in [0.4, 0.5) is 4.39 Å². The third-order valence-electron chi connectivity index (χ3n) is 3.06. The number of hydrogen-bond donors (Lipinski definition) is 2. The Morgan fingerprint density at radius 2 is 2.21 bits per heavy atom. The van der Waals surface area contributed by atoms with Crippen molar-refractivity contribution in [1.29, 1.82) is 0 Å². The average molecular weight is 289 g/mol. The molecule has 0 spiro atoms. The Balaban J connectivity index is 2.04. The van der Waals surface area contributed by atoms with E-state index in [0.717, 1.165) is 0 Å². The van der Waals surface area contributed by atoms with Crippen LogP contribution in [0.1, 0.15) is 6.23 Å². The summed E-state index contributed by atoms with van der Waals surface area (Å²) in [5.74, 6) is 0. The molecular formula is C10H10ClFN4O3. The van der Waals surface area contributed by atoms with Gasteiger partial charge in [-0.25, -0.2) is 19.3 Å². The first-order valence-corrected chi connectivity index (χ1v) is 5.92. The summed E-state index contributed by atoms with van der Waals surface area (Å²) < 4.78 is 20.6. The van der Waals surface area contributed by atoms with Crippen LogP contribution in [-0.2, 0) is 4.74 Å². The number of ether oxygens (including phenoxy) is 1. The van der Waals surface area contributed by atoms with Crippen molar-refractivity contribution < 1.29 is 19.3 Å². The molecule has 1 saturated heterocycles. The zero-order chi connectivity index (χ0) is 13.6. The van der Waals surface area contributed by atoms with E-state index in [4.69, 9.17) is 21.4 Å². The SMILES string of the molecule is OC[C@H]1O[C@@H](n2cnc3c(Cl)ncnc32)[C@@H](F)[C@@H]1O. The molecule has 102 valence electrons. The van der Waals surface area contributed by atoms with E-state index >= 15 is 0 Å². The highest BCUT2D eigenvalue weighted by Crippen LogP contribution is 2.33. The standard InChI is InChI=1S/C10H10ClFN4O3/c11-8-6-9(14-2-13-8)16(3-15-6)10-5(12)7(18)4(1-17)19-10/h2-5,7,10,17-18H,1H2/t4-,5+,7-,10-/m1/s1. The van der Waals surface area contributed by atoms with Crippen molar-refractivity contribution in [2.24, 2.45) is 0 Å². The number of halogens is 2. The number of imidazole rings is 1. The van der Waals surface area contributed by atoms with Crippen LogP contribution in [0.15, 0.2) is 12.7 Å². The number of fused-ring (bicyclic) bond motifs is 1. The molecule has 3 rings (SSSR count). The van der Waals surface area contributed by atoms with E-state index in [2.05, 4.69) is 15.0 Å². The highest BCUT2D eigenvalue weighted by molar-refractivity contribution is 6.33. The van der Waals surface area contributed by atoms with Crippen molar-refractivity contribution in [3.05, 3.63) is 17.8 Å². The fourth-order valence-electron chi connectivity index (χ4n) is 2.09. The van der Waals surface area contributed by atoms with Crippen LogP contribution in [0, 0.1) is 0 Å². The van der Waals surface area contributed by atoms with Crippen LogP contribution in [0.2, 0.25) is 5.15 Å².